The van der Waals surface area contributed by atoms with Gasteiger partial charge in [0.05, 0.1) is 0 Å². The molecule has 2 aromatic rings. The molecule has 3 rings (SSSR count). The first-order valence-electron chi connectivity index (χ1n) is 7.49. The summed E-state index contributed by atoms with van der Waals surface area (Å²) in [6, 6.07) is 13.2. The van der Waals surface area contributed by atoms with Crippen molar-refractivity contribution in [1.29, 1.82) is 0 Å². The topological polar surface area (TPSA) is 58.2 Å². The molecule has 0 aliphatic carbocycles. The quantitative estimate of drug-likeness (QED) is 0.911. The number of fused-ring (bicyclic) bond motifs is 1. The van der Waals surface area contributed by atoms with Gasteiger partial charge in [-0.2, -0.15) is 0 Å². The lowest BCUT2D eigenvalue weighted by Gasteiger charge is -2.17. The number of carbonyl (C=O) groups excluding carboxylic acids is 2. The second kappa shape index (κ2) is 6.02. The highest BCUT2D eigenvalue weighted by Crippen LogP contribution is 2.25. The predicted octanol–water partition coefficient (Wildman–Crippen LogP) is 3.39. The smallest absolute Gasteiger partial charge is 0.255 e. The summed E-state index contributed by atoms with van der Waals surface area (Å²) in [6.45, 7) is 2.08. The Balaban J connectivity index is 1.75. The van der Waals surface area contributed by atoms with E-state index in [1.807, 2.05) is 42.5 Å². The minimum Gasteiger partial charge on any atom is -0.326 e. The molecule has 112 valence electrons. The normalized spacial score (nSPS) is 13.2. The van der Waals surface area contributed by atoms with E-state index in [0.29, 0.717) is 18.4 Å². The zero-order valence-corrected chi connectivity index (χ0v) is 12.5. The third-order valence-electron chi connectivity index (χ3n) is 3.88. The van der Waals surface area contributed by atoms with Gasteiger partial charge in [0.1, 0.15) is 0 Å². The molecule has 1 aliphatic heterocycles. The van der Waals surface area contributed by atoms with E-state index in [1.165, 1.54) is 5.56 Å². The molecule has 0 unspecified atom stereocenters. The molecule has 0 saturated heterocycles. The van der Waals surface area contributed by atoms with E-state index in [0.717, 1.165) is 23.4 Å². The number of aryl methyl sites for hydroxylation is 2. The Hall–Kier alpha value is -2.62. The van der Waals surface area contributed by atoms with Crippen LogP contribution in [-0.2, 0) is 17.6 Å². The van der Waals surface area contributed by atoms with Crippen LogP contribution in [0.25, 0.3) is 0 Å². The van der Waals surface area contributed by atoms with Gasteiger partial charge in [0.15, 0.2) is 0 Å². The molecular formula is C18H18N2O2. The minimum absolute atomic E-state index is 0.0419. The summed E-state index contributed by atoms with van der Waals surface area (Å²) in [5, 5.41) is 5.74. The molecule has 0 aromatic heterocycles. The Kier molecular flexibility index (Phi) is 3.92. The summed E-state index contributed by atoms with van der Waals surface area (Å²) >= 11 is 0. The first-order valence-corrected chi connectivity index (χ1v) is 7.49. The number of hydrogen-bond donors (Lipinski definition) is 2. The van der Waals surface area contributed by atoms with E-state index in [1.54, 1.807) is 0 Å². The molecule has 2 N–H and O–H groups in total. The lowest BCUT2D eigenvalue weighted by atomic mass is 10.0. The molecule has 2 aromatic carbocycles. The molecule has 22 heavy (non-hydrogen) atoms. The van der Waals surface area contributed by atoms with E-state index in [2.05, 4.69) is 17.6 Å². The van der Waals surface area contributed by atoms with E-state index in [-0.39, 0.29) is 11.8 Å². The average molecular weight is 294 g/mol. The van der Waals surface area contributed by atoms with Crippen molar-refractivity contribution in [2.45, 2.75) is 26.2 Å². The highest BCUT2D eigenvalue weighted by Gasteiger charge is 2.15. The van der Waals surface area contributed by atoms with E-state index < -0.39 is 0 Å². The summed E-state index contributed by atoms with van der Waals surface area (Å²) in [5.41, 5.74) is 4.49. The van der Waals surface area contributed by atoms with Crippen LogP contribution in [0.2, 0.25) is 0 Å². The van der Waals surface area contributed by atoms with Crippen LogP contribution < -0.4 is 10.6 Å². The fourth-order valence-corrected chi connectivity index (χ4v) is 2.56. The highest BCUT2D eigenvalue weighted by molar-refractivity contribution is 6.04. The maximum atomic E-state index is 12.3. The second-order valence-electron chi connectivity index (χ2n) is 5.42. The van der Waals surface area contributed by atoms with E-state index >= 15 is 0 Å². The van der Waals surface area contributed by atoms with Gasteiger partial charge in [-0.3, -0.25) is 9.59 Å². The van der Waals surface area contributed by atoms with Gasteiger partial charge in [0.25, 0.3) is 5.91 Å². The van der Waals surface area contributed by atoms with Crippen LogP contribution in [0.5, 0.6) is 0 Å². The molecule has 2 amide bonds. The Labute approximate surface area is 129 Å². The molecule has 0 radical (unpaired) electrons. The summed E-state index contributed by atoms with van der Waals surface area (Å²) in [5.74, 6) is -0.0808. The number of rotatable bonds is 3. The molecule has 0 fully saturated rings. The van der Waals surface area contributed by atoms with Gasteiger partial charge in [0.2, 0.25) is 5.91 Å². The van der Waals surface area contributed by atoms with Crippen LogP contribution in [-0.4, -0.2) is 11.8 Å². The van der Waals surface area contributed by atoms with Crippen LogP contribution in [0, 0.1) is 0 Å². The van der Waals surface area contributed by atoms with E-state index in [9.17, 15) is 9.59 Å². The van der Waals surface area contributed by atoms with Gasteiger partial charge < -0.3 is 10.6 Å². The highest BCUT2D eigenvalue weighted by atomic mass is 16.2. The van der Waals surface area contributed by atoms with Crippen LogP contribution >= 0.6 is 0 Å². The van der Waals surface area contributed by atoms with Crippen molar-refractivity contribution in [1.82, 2.24) is 0 Å². The zero-order chi connectivity index (χ0) is 15.5. The van der Waals surface area contributed by atoms with Crippen molar-refractivity contribution in [2.24, 2.45) is 0 Å². The number of nitrogens with one attached hydrogen (secondary N) is 2. The van der Waals surface area contributed by atoms with Crippen molar-refractivity contribution < 1.29 is 9.59 Å². The summed E-state index contributed by atoms with van der Waals surface area (Å²) in [6.07, 6.45) is 2.15. The molecule has 0 saturated carbocycles. The van der Waals surface area contributed by atoms with Crippen molar-refractivity contribution in [3.63, 3.8) is 0 Å². The fraction of sp³-hybridized carbons (Fsp3) is 0.222. The number of amides is 2. The largest absolute Gasteiger partial charge is 0.326 e. The Morgan fingerprint density at radius 1 is 1.14 bits per heavy atom. The molecule has 4 nitrogen and oxygen atoms in total. The lowest BCUT2D eigenvalue weighted by Crippen LogP contribution is -2.19. The third kappa shape index (κ3) is 3.01. The summed E-state index contributed by atoms with van der Waals surface area (Å²) in [4.78, 5) is 23.6. The number of hydrogen-bond acceptors (Lipinski definition) is 2. The number of carbonyl (C=O) groups is 2. The minimum atomic E-state index is -0.123. The van der Waals surface area contributed by atoms with Crippen LogP contribution in [0.15, 0.2) is 42.5 Å². The number of anilines is 2. The van der Waals surface area contributed by atoms with Crippen molar-refractivity contribution in [3.05, 3.63) is 59.2 Å². The van der Waals surface area contributed by atoms with Crippen LogP contribution in [0.1, 0.15) is 34.8 Å². The van der Waals surface area contributed by atoms with Crippen molar-refractivity contribution in [3.8, 4) is 0 Å². The summed E-state index contributed by atoms with van der Waals surface area (Å²) in [7, 11) is 0. The van der Waals surface area contributed by atoms with Gasteiger partial charge >= 0.3 is 0 Å². The SMILES string of the molecule is CCc1ccc(C(=O)Nc2ccc3c(c2)CCC(=O)N3)cc1. The first kappa shape index (κ1) is 14.3. The summed E-state index contributed by atoms with van der Waals surface area (Å²) < 4.78 is 0. The Bertz CT molecular complexity index is 720. The monoisotopic (exact) mass is 294 g/mol. The second-order valence-corrected chi connectivity index (χ2v) is 5.42. The molecule has 0 bridgehead atoms. The van der Waals surface area contributed by atoms with Gasteiger partial charge in [-0.1, -0.05) is 19.1 Å². The molecule has 1 heterocycles. The van der Waals surface area contributed by atoms with Gasteiger partial charge in [0, 0.05) is 23.4 Å². The van der Waals surface area contributed by atoms with Gasteiger partial charge in [-0.25, -0.2) is 0 Å². The standard InChI is InChI=1S/C18H18N2O2/c1-2-12-3-5-13(6-4-12)18(22)19-15-8-9-16-14(11-15)7-10-17(21)20-16/h3-6,8-9,11H,2,7,10H2,1H3,(H,19,22)(H,20,21). The average Bonchev–Trinajstić information content (AvgIpc) is 2.55. The third-order valence-corrected chi connectivity index (χ3v) is 3.88. The van der Waals surface area contributed by atoms with Crippen molar-refractivity contribution >= 4 is 23.2 Å². The van der Waals surface area contributed by atoms with E-state index in [4.69, 9.17) is 0 Å². The number of benzene rings is 2. The maximum Gasteiger partial charge on any atom is 0.255 e. The van der Waals surface area contributed by atoms with Gasteiger partial charge in [-0.05, 0) is 54.3 Å². The Morgan fingerprint density at radius 3 is 2.64 bits per heavy atom. The maximum absolute atomic E-state index is 12.3. The first-order chi connectivity index (χ1) is 10.7. The molecule has 0 atom stereocenters. The van der Waals surface area contributed by atoms with Crippen LogP contribution in [0.4, 0.5) is 11.4 Å². The van der Waals surface area contributed by atoms with Crippen molar-refractivity contribution in [2.75, 3.05) is 10.6 Å². The van der Waals surface area contributed by atoms with Crippen LogP contribution in [0.3, 0.4) is 0 Å². The zero-order valence-electron chi connectivity index (χ0n) is 12.5. The molecule has 1 aliphatic rings. The molecule has 0 spiro atoms. The molecule has 4 heteroatoms. The fourth-order valence-electron chi connectivity index (χ4n) is 2.56. The predicted molar refractivity (Wildman–Crippen MR) is 87.2 cm³/mol. The van der Waals surface area contributed by atoms with Gasteiger partial charge in [-0.15, -0.1) is 0 Å². The Morgan fingerprint density at radius 2 is 1.91 bits per heavy atom. The lowest BCUT2D eigenvalue weighted by molar-refractivity contribution is -0.116. The molecular weight excluding hydrogens is 276 g/mol.